The van der Waals surface area contributed by atoms with Gasteiger partial charge in [0.25, 0.3) is 0 Å². The van der Waals surface area contributed by atoms with Crippen LogP contribution >= 0.6 is 15.9 Å². The number of anilines is 2. The molecule has 1 aromatic rings. The summed E-state index contributed by atoms with van der Waals surface area (Å²) in [6.07, 6.45) is 5.28. The van der Waals surface area contributed by atoms with Gasteiger partial charge < -0.3 is 15.7 Å². The van der Waals surface area contributed by atoms with Crippen molar-refractivity contribution in [2.24, 2.45) is 0 Å². The fourth-order valence-corrected chi connectivity index (χ4v) is 2.31. The van der Waals surface area contributed by atoms with E-state index in [1.165, 1.54) is 0 Å². The quantitative estimate of drug-likeness (QED) is 0.796. The molecule has 1 heterocycles. The molecule has 1 aliphatic carbocycles. The van der Waals surface area contributed by atoms with Gasteiger partial charge in [-0.25, -0.2) is 4.98 Å². The van der Waals surface area contributed by atoms with Crippen LogP contribution in [-0.4, -0.2) is 34.3 Å². The molecule has 0 bridgehead atoms. The third kappa shape index (κ3) is 3.29. The molecule has 0 aromatic carbocycles. The first kappa shape index (κ1) is 12.6. The van der Waals surface area contributed by atoms with Crippen LogP contribution in [-0.2, 0) is 0 Å². The van der Waals surface area contributed by atoms with Crippen LogP contribution in [0.4, 0.5) is 11.8 Å². The molecule has 1 saturated carbocycles. The van der Waals surface area contributed by atoms with E-state index in [4.69, 9.17) is 0 Å². The van der Waals surface area contributed by atoms with Crippen LogP contribution in [0.25, 0.3) is 0 Å². The zero-order valence-electron chi connectivity index (χ0n) is 9.78. The van der Waals surface area contributed by atoms with Crippen molar-refractivity contribution in [3.63, 3.8) is 0 Å². The molecule has 0 radical (unpaired) electrons. The Hall–Kier alpha value is -0.880. The fourth-order valence-electron chi connectivity index (χ4n) is 2.00. The Labute approximate surface area is 109 Å². The zero-order valence-corrected chi connectivity index (χ0v) is 11.4. The van der Waals surface area contributed by atoms with Crippen molar-refractivity contribution in [3.8, 4) is 0 Å². The Morgan fingerprint density at radius 2 is 2.06 bits per heavy atom. The van der Waals surface area contributed by atoms with Crippen LogP contribution in [0.1, 0.15) is 25.7 Å². The van der Waals surface area contributed by atoms with Gasteiger partial charge in [-0.1, -0.05) is 0 Å². The first-order valence-electron chi connectivity index (χ1n) is 5.84. The van der Waals surface area contributed by atoms with Crippen LogP contribution in [0.3, 0.4) is 0 Å². The normalized spacial score (nSPS) is 24.4. The van der Waals surface area contributed by atoms with Crippen molar-refractivity contribution in [1.82, 2.24) is 9.97 Å². The predicted octanol–water partition coefficient (Wildman–Crippen LogP) is 2.00. The fraction of sp³-hybridized carbons (Fsp3) is 0.636. The summed E-state index contributed by atoms with van der Waals surface area (Å²) in [7, 11) is 1.80. The minimum atomic E-state index is -0.130. The molecule has 0 unspecified atom stereocenters. The highest BCUT2D eigenvalue weighted by Crippen LogP contribution is 2.25. The van der Waals surface area contributed by atoms with E-state index in [-0.39, 0.29) is 6.10 Å². The van der Waals surface area contributed by atoms with E-state index < -0.39 is 0 Å². The molecule has 1 fully saturated rings. The lowest BCUT2D eigenvalue weighted by molar-refractivity contribution is 0.126. The smallest absolute Gasteiger partial charge is 0.224 e. The molecule has 2 rings (SSSR count). The van der Waals surface area contributed by atoms with E-state index in [1.807, 2.05) is 0 Å². The Bertz CT molecular complexity index is 380. The average Bonchev–Trinajstić information content (AvgIpc) is 2.35. The summed E-state index contributed by atoms with van der Waals surface area (Å²) < 4.78 is 0.864. The van der Waals surface area contributed by atoms with Crippen LogP contribution in [0, 0.1) is 0 Å². The average molecular weight is 301 g/mol. The molecular formula is C11H17BrN4O. The number of nitrogens with zero attached hydrogens (tertiary/aromatic N) is 2. The Morgan fingerprint density at radius 1 is 1.35 bits per heavy atom. The Kier molecular flexibility index (Phi) is 4.17. The lowest BCUT2D eigenvalue weighted by Crippen LogP contribution is -2.28. The van der Waals surface area contributed by atoms with Crippen molar-refractivity contribution in [1.29, 1.82) is 0 Å². The lowest BCUT2D eigenvalue weighted by Gasteiger charge is -2.26. The topological polar surface area (TPSA) is 70.1 Å². The molecule has 0 amide bonds. The van der Waals surface area contributed by atoms with E-state index in [1.54, 1.807) is 13.2 Å². The van der Waals surface area contributed by atoms with E-state index in [0.29, 0.717) is 12.0 Å². The molecule has 0 spiro atoms. The van der Waals surface area contributed by atoms with Crippen molar-refractivity contribution < 1.29 is 5.11 Å². The number of hydrogen-bond acceptors (Lipinski definition) is 5. The number of aliphatic hydroxyl groups excluding tert-OH is 1. The van der Waals surface area contributed by atoms with E-state index in [0.717, 1.165) is 36.0 Å². The third-order valence-electron chi connectivity index (χ3n) is 3.01. The van der Waals surface area contributed by atoms with Gasteiger partial charge in [0.1, 0.15) is 5.82 Å². The molecular weight excluding hydrogens is 284 g/mol. The third-order valence-corrected chi connectivity index (χ3v) is 3.59. The van der Waals surface area contributed by atoms with Crippen LogP contribution < -0.4 is 10.6 Å². The monoisotopic (exact) mass is 300 g/mol. The Morgan fingerprint density at radius 3 is 2.71 bits per heavy atom. The lowest BCUT2D eigenvalue weighted by atomic mass is 9.93. The largest absolute Gasteiger partial charge is 0.393 e. The molecule has 5 nitrogen and oxygen atoms in total. The van der Waals surface area contributed by atoms with Gasteiger partial charge in [-0.05, 0) is 41.6 Å². The second-order valence-corrected chi connectivity index (χ2v) is 5.14. The van der Waals surface area contributed by atoms with Crippen molar-refractivity contribution in [2.75, 3.05) is 17.7 Å². The van der Waals surface area contributed by atoms with Crippen molar-refractivity contribution in [3.05, 3.63) is 10.7 Å². The van der Waals surface area contributed by atoms with Gasteiger partial charge in [-0.15, -0.1) is 0 Å². The van der Waals surface area contributed by atoms with Crippen LogP contribution in [0.2, 0.25) is 0 Å². The van der Waals surface area contributed by atoms with E-state index >= 15 is 0 Å². The molecule has 3 N–H and O–H groups in total. The Balaban J connectivity index is 2.02. The minimum absolute atomic E-state index is 0.130. The number of aromatic nitrogens is 2. The maximum Gasteiger partial charge on any atom is 0.224 e. The minimum Gasteiger partial charge on any atom is -0.393 e. The van der Waals surface area contributed by atoms with Gasteiger partial charge in [-0.3, -0.25) is 0 Å². The van der Waals surface area contributed by atoms with E-state index in [9.17, 15) is 5.11 Å². The second kappa shape index (κ2) is 5.64. The molecule has 1 aromatic heterocycles. The first-order chi connectivity index (χ1) is 8.19. The molecule has 94 valence electrons. The summed E-state index contributed by atoms with van der Waals surface area (Å²) >= 11 is 3.43. The standard InChI is InChI=1S/C11H17BrN4O/c1-13-11-14-6-9(12)10(16-11)15-7-2-4-8(17)5-3-7/h6-8,17H,2-5H2,1H3,(H2,13,14,15,16). The highest BCUT2D eigenvalue weighted by atomic mass is 79.9. The SMILES string of the molecule is CNc1ncc(Br)c(NC2CCC(O)CC2)n1. The van der Waals surface area contributed by atoms with Gasteiger partial charge in [0.05, 0.1) is 10.6 Å². The molecule has 0 saturated heterocycles. The molecule has 1 aliphatic rings. The summed E-state index contributed by atoms with van der Waals surface area (Å²) in [5.74, 6) is 1.41. The number of aliphatic hydroxyl groups is 1. The van der Waals surface area contributed by atoms with Crippen molar-refractivity contribution >= 4 is 27.7 Å². The highest BCUT2D eigenvalue weighted by Gasteiger charge is 2.20. The summed E-state index contributed by atoms with van der Waals surface area (Å²) in [6, 6.07) is 0.384. The summed E-state index contributed by atoms with van der Waals surface area (Å²) in [6.45, 7) is 0. The van der Waals surface area contributed by atoms with Gasteiger partial charge in [0.2, 0.25) is 5.95 Å². The highest BCUT2D eigenvalue weighted by molar-refractivity contribution is 9.10. The predicted molar refractivity (Wildman–Crippen MR) is 71.2 cm³/mol. The second-order valence-electron chi connectivity index (χ2n) is 4.29. The molecule has 0 aliphatic heterocycles. The van der Waals surface area contributed by atoms with Gasteiger partial charge in [0.15, 0.2) is 0 Å². The number of halogens is 1. The van der Waals surface area contributed by atoms with Crippen molar-refractivity contribution in [2.45, 2.75) is 37.8 Å². The van der Waals surface area contributed by atoms with Crippen LogP contribution in [0.5, 0.6) is 0 Å². The summed E-state index contributed by atoms with van der Waals surface area (Å²) in [5.41, 5.74) is 0. The van der Waals surface area contributed by atoms with E-state index in [2.05, 4.69) is 36.5 Å². The summed E-state index contributed by atoms with van der Waals surface area (Å²) in [5, 5.41) is 15.8. The maximum atomic E-state index is 9.46. The summed E-state index contributed by atoms with van der Waals surface area (Å²) in [4.78, 5) is 8.47. The van der Waals surface area contributed by atoms with Gasteiger partial charge in [-0.2, -0.15) is 4.98 Å². The first-order valence-corrected chi connectivity index (χ1v) is 6.63. The number of rotatable bonds is 3. The van der Waals surface area contributed by atoms with Gasteiger partial charge in [0, 0.05) is 19.3 Å². The number of nitrogens with one attached hydrogen (secondary N) is 2. The number of hydrogen-bond donors (Lipinski definition) is 3. The molecule has 17 heavy (non-hydrogen) atoms. The zero-order chi connectivity index (χ0) is 12.3. The molecule has 6 heteroatoms. The maximum absolute atomic E-state index is 9.46. The van der Waals surface area contributed by atoms with Gasteiger partial charge >= 0.3 is 0 Å². The molecule has 0 atom stereocenters. The van der Waals surface area contributed by atoms with Crippen LogP contribution in [0.15, 0.2) is 10.7 Å².